The van der Waals surface area contributed by atoms with Crippen molar-refractivity contribution in [1.29, 1.82) is 0 Å². The number of carbonyl (C=O) groups is 2. The lowest BCUT2D eigenvalue weighted by Gasteiger charge is -2.29. The van der Waals surface area contributed by atoms with Crippen LogP contribution in [-0.4, -0.2) is 29.9 Å². The Morgan fingerprint density at radius 1 is 1.13 bits per heavy atom. The second kappa shape index (κ2) is 7.91. The van der Waals surface area contributed by atoms with Gasteiger partial charge in [-0.3, -0.25) is 14.5 Å². The molecule has 0 atom stereocenters. The van der Waals surface area contributed by atoms with Crippen molar-refractivity contribution >= 4 is 34.5 Å². The first-order valence-corrected chi connectivity index (χ1v) is 10.5. The van der Waals surface area contributed by atoms with E-state index in [1.165, 1.54) is 4.90 Å². The Morgan fingerprint density at radius 3 is 2.53 bits per heavy atom. The maximum Gasteiger partial charge on any atom is 0.265 e. The van der Waals surface area contributed by atoms with Crippen LogP contribution in [0.3, 0.4) is 0 Å². The molecule has 0 aliphatic carbocycles. The van der Waals surface area contributed by atoms with Crippen molar-refractivity contribution in [3.8, 4) is 17.0 Å². The van der Waals surface area contributed by atoms with Crippen LogP contribution in [0.15, 0.2) is 36.4 Å². The van der Waals surface area contributed by atoms with Gasteiger partial charge in [0.05, 0.1) is 16.4 Å². The van der Waals surface area contributed by atoms with E-state index in [2.05, 4.69) is 10.3 Å². The molecular formula is C23H23N3O3S. The molecule has 1 aliphatic heterocycles. The van der Waals surface area contributed by atoms with Gasteiger partial charge in [-0.2, -0.15) is 0 Å². The highest BCUT2D eigenvalue weighted by atomic mass is 32.1. The molecule has 1 N–H and O–H groups in total. The second-order valence-electron chi connectivity index (χ2n) is 7.51. The minimum atomic E-state index is -0.257. The first kappa shape index (κ1) is 20.1. The molecule has 7 heteroatoms. The predicted octanol–water partition coefficient (Wildman–Crippen LogP) is 4.41. The van der Waals surface area contributed by atoms with E-state index in [1.807, 2.05) is 64.1 Å². The first-order valence-electron chi connectivity index (χ1n) is 9.70. The summed E-state index contributed by atoms with van der Waals surface area (Å²) in [6.07, 6.45) is 0. The highest BCUT2D eigenvalue weighted by Gasteiger charge is 2.28. The summed E-state index contributed by atoms with van der Waals surface area (Å²) in [7, 11) is 0. The molecule has 2 aromatic carbocycles. The number of anilines is 2. The standard InChI is InChI=1S/C23H23N3O3S/c1-13-7-14(2)9-18(8-13)25-21(27)11-26-19-10-17(23-15(3)30-16(4)24-23)5-6-20(19)29-12-22(26)28/h5-10H,11-12H2,1-4H3,(H,25,27). The van der Waals surface area contributed by atoms with Crippen LogP contribution in [0.4, 0.5) is 11.4 Å². The summed E-state index contributed by atoms with van der Waals surface area (Å²) in [6, 6.07) is 11.5. The SMILES string of the molecule is Cc1cc(C)cc(NC(=O)CN2C(=O)COc3ccc(-c4nc(C)sc4C)cc32)c1. The van der Waals surface area contributed by atoms with Gasteiger partial charge in [0, 0.05) is 16.1 Å². The molecule has 0 saturated carbocycles. The van der Waals surface area contributed by atoms with Crippen molar-refractivity contribution in [2.75, 3.05) is 23.4 Å². The molecule has 3 aromatic rings. The Hall–Kier alpha value is -3.19. The molecule has 30 heavy (non-hydrogen) atoms. The number of hydrogen-bond acceptors (Lipinski definition) is 5. The van der Waals surface area contributed by atoms with E-state index < -0.39 is 0 Å². The molecule has 0 unspecified atom stereocenters. The van der Waals surface area contributed by atoms with E-state index in [0.717, 1.165) is 38.0 Å². The van der Waals surface area contributed by atoms with Crippen LogP contribution in [0.1, 0.15) is 21.0 Å². The average Bonchev–Trinajstić information content (AvgIpc) is 3.01. The topological polar surface area (TPSA) is 71.5 Å². The lowest BCUT2D eigenvalue weighted by molar-refractivity contribution is -0.123. The number of nitrogens with one attached hydrogen (secondary N) is 1. The fraction of sp³-hybridized carbons (Fsp3) is 0.261. The van der Waals surface area contributed by atoms with E-state index in [9.17, 15) is 9.59 Å². The Kier molecular flexibility index (Phi) is 5.30. The Bertz CT molecular complexity index is 1130. The largest absolute Gasteiger partial charge is 0.482 e. The summed E-state index contributed by atoms with van der Waals surface area (Å²) in [4.78, 5) is 32.5. The number of aromatic nitrogens is 1. The van der Waals surface area contributed by atoms with Crippen LogP contribution in [0.5, 0.6) is 5.75 Å². The maximum atomic E-state index is 12.7. The molecule has 0 saturated heterocycles. The third-order valence-corrected chi connectivity index (χ3v) is 5.77. The average molecular weight is 422 g/mol. The third-order valence-electron chi connectivity index (χ3n) is 4.89. The number of ether oxygens (including phenoxy) is 1. The summed E-state index contributed by atoms with van der Waals surface area (Å²) in [5.74, 6) is 0.0795. The van der Waals surface area contributed by atoms with E-state index in [4.69, 9.17) is 4.74 Å². The van der Waals surface area contributed by atoms with Crippen LogP contribution in [0, 0.1) is 27.7 Å². The van der Waals surface area contributed by atoms with Crippen LogP contribution >= 0.6 is 11.3 Å². The zero-order chi connectivity index (χ0) is 21.4. The summed E-state index contributed by atoms with van der Waals surface area (Å²) >= 11 is 1.63. The highest BCUT2D eigenvalue weighted by Crippen LogP contribution is 2.37. The zero-order valence-electron chi connectivity index (χ0n) is 17.4. The van der Waals surface area contributed by atoms with Crippen molar-refractivity contribution in [3.05, 3.63) is 57.4 Å². The van der Waals surface area contributed by atoms with Gasteiger partial charge in [-0.05, 0) is 69.2 Å². The smallest absolute Gasteiger partial charge is 0.265 e. The molecule has 0 radical (unpaired) electrons. The lowest BCUT2D eigenvalue weighted by atomic mass is 10.1. The van der Waals surface area contributed by atoms with Gasteiger partial charge in [-0.15, -0.1) is 11.3 Å². The van der Waals surface area contributed by atoms with Gasteiger partial charge in [-0.1, -0.05) is 6.07 Å². The molecule has 2 heterocycles. The number of amides is 2. The van der Waals surface area contributed by atoms with Gasteiger partial charge in [-0.25, -0.2) is 4.98 Å². The fourth-order valence-electron chi connectivity index (χ4n) is 3.71. The Morgan fingerprint density at radius 2 is 1.87 bits per heavy atom. The van der Waals surface area contributed by atoms with Crippen molar-refractivity contribution in [2.45, 2.75) is 27.7 Å². The molecule has 6 nitrogen and oxygen atoms in total. The first-order chi connectivity index (χ1) is 14.3. The Labute approximate surface area is 179 Å². The quantitative estimate of drug-likeness (QED) is 0.677. The number of fused-ring (bicyclic) bond motifs is 1. The number of rotatable bonds is 4. The monoisotopic (exact) mass is 421 g/mol. The summed E-state index contributed by atoms with van der Waals surface area (Å²) < 4.78 is 5.58. The summed E-state index contributed by atoms with van der Waals surface area (Å²) in [5, 5.41) is 3.88. The number of aryl methyl sites for hydroxylation is 4. The second-order valence-corrected chi connectivity index (χ2v) is 8.92. The van der Waals surface area contributed by atoms with Gasteiger partial charge in [0.2, 0.25) is 5.91 Å². The van der Waals surface area contributed by atoms with Crippen LogP contribution in [0.25, 0.3) is 11.3 Å². The highest BCUT2D eigenvalue weighted by molar-refractivity contribution is 7.11. The molecule has 1 aliphatic rings. The van der Waals surface area contributed by atoms with Gasteiger partial charge >= 0.3 is 0 Å². The Balaban J connectivity index is 1.61. The molecule has 4 rings (SSSR count). The van der Waals surface area contributed by atoms with Crippen LogP contribution in [0.2, 0.25) is 0 Å². The maximum absolute atomic E-state index is 12.7. The zero-order valence-corrected chi connectivity index (χ0v) is 18.2. The van der Waals surface area contributed by atoms with Crippen molar-refractivity contribution in [3.63, 3.8) is 0 Å². The molecule has 2 amide bonds. The molecule has 0 spiro atoms. The van der Waals surface area contributed by atoms with Gasteiger partial charge < -0.3 is 10.1 Å². The van der Waals surface area contributed by atoms with E-state index >= 15 is 0 Å². The normalized spacial score (nSPS) is 13.1. The minimum Gasteiger partial charge on any atom is -0.482 e. The number of carbonyl (C=O) groups excluding carboxylic acids is 2. The number of hydrogen-bond donors (Lipinski definition) is 1. The predicted molar refractivity (Wildman–Crippen MR) is 119 cm³/mol. The summed E-state index contributed by atoms with van der Waals surface area (Å²) in [6.45, 7) is 7.78. The van der Waals surface area contributed by atoms with Gasteiger partial charge in [0.1, 0.15) is 12.3 Å². The number of thiazole rings is 1. The van der Waals surface area contributed by atoms with E-state index in [1.54, 1.807) is 11.3 Å². The molecule has 0 fully saturated rings. The molecular weight excluding hydrogens is 398 g/mol. The van der Waals surface area contributed by atoms with Crippen molar-refractivity contribution in [1.82, 2.24) is 4.98 Å². The minimum absolute atomic E-state index is 0.0826. The van der Waals surface area contributed by atoms with Crippen molar-refractivity contribution in [2.24, 2.45) is 0 Å². The van der Waals surface area contributed by atoms with E-state index in [0.29, 0.717) is 11.4 Å². The lowest BCUT2D eigenvalue weighted by Crippen LogP contribution is -2.43. The number of benzene rings is 2. The number of nitrogens with zero attached hydrogens (tertiary/aromatic N) is 2. The van der Waals surface area contributed by atoms with E-state index in [-0.39, 0.29) is 25.0 Å². The molecule has 1 aromatic heterocycles. The fourth-order valence-corrected chi connectivity index (χ4v) is 4.55. The van der Waals surface area contributed by atoms with Gasteiger partial charge in [0.15, 0.2) is 6.61 Å². The third kappa shape index (κ3) is 4.07. The van der Waals surface area contributed by atoms with Crippen LogP contribution < -0.4 is 15.0 Å². The van der Waals surface area contributed by atoms with Crippen LogP contribution in [-0.2, 0) is 9.59 Å². The molecule has 154 valence electrons. The van der Waals surface area contributed by atoms with Gasteiger partial charge in [0.25, 0.3) is 5.91 Å². The molecule has 0 bridgehead atoms. The summed E-state index contributed by atoms with van der Waals surface area (Å²) in [5.41, 5.74) is 5.23. The van der Waals surface area contributed by atoms with Crippen molar-refractivity contribution < 1.29 is 14.3 Å².